The maximum atomic E-state index is 5.96. The predicted octanol–water partition coefficient (Wildman–Crippen LogP) is 2.65. The van der Waals surface area contributed by atoms with Crippen LogP contribution in [0.15, 0.2) is 24.5 Å². The van der Waals surface area contributed by atoms with Crippen molar-refractivity contribution in [2.24, 2.45) is 0 Å². The number of fused-ring (bicyclic) bond motifs is 1. The smallest absolute Gasteiger partial charge is 0.137 e. The van der Waals surface area contributed by atoms with Crippen molar-refractivity contribution in [1.29, 1.82) is 0 Å². The van der Waals surface area contributed by atoms with Crippen LogP contribution in [-0.4, -0.2) is 28.6 Å². The third kappa shape index (κ3) is 2.61. The molecule has 0 radical (unpaired) electrons. The van der Waals surface area contributed by atoms with E-state index in [9.17, 15) is 0 Å². The van der Waals surface area contributed by atoms with E-state index in [0.717, 1.165) is 42.3 Å². The Morgan fingerprint density at radius 2 is 2.26 bits per heavy atom. The molecule has 5 heteroatoms. The van der Waals surface area contributed by atoms with Gasteiger partial charge in [-0.2, -0.15) is 0 Å². The highest BCUT2D eigenvalue weighted by molar-refractivity contribution is 6.30. The molecule has 102 valence electrons. The first-order valence-electron chi connectivity index (χ1n) is 6.60. The van der Waals surface area contributed by atoms with E-state index in [0.29, 0.717) is 0 Å². The second-order valence-corrected chi connectivity index (χ2v) is 5.63. The van der Waals surface area contributed by atoms with Crippen molar-refractivity contribution in [1.82, 2.24) is 14.7 Å². The molecule has 0 aromatic carbocycles. The normalized spacial score (nSPS) is 17.6. The zero-order valence-corrected chi connectivity index (χ0v) is 11.8. The molecule has 0 saturated heterocycles. The quantitative estimate of drug-likeness (QED) is 0.914. The van der Waals surface area contributed by atoms with Gasteiger partial charge < -0.3 is 14.5 Å². The highest BCUT2D eigenvalue weighted by atomic mass is 35.5. The lowest BCUT2D eigenvalue weighted by Gasteiger charge is -2.40. The number of methoxy groups -OCH3 is 1. The topological polar surface area (TPSA) is 38.6 Å². The van der Waals surface area contributed by atoms with E-state index in [4.69, 9.17) is 16.3 Å². The molecule has 0 unspecified atom stereocenters. The summed E-state index contributed by atoms with van der Waals surface area (Å²) in [5.41, 5.74) is 2.00. The number of nitrogens with zero attached hydrogens (tertiary/aromatic N) is 2. The number of rotatable bonds is 5. The molecule has 0 spiro atoms. The van der Waals surface area contributed by atoms with Gasteiger partial charge in [0.1, 0.15) is 5.65 Å². The lowest BCUT2D eigenvalue weighted by molar-refractivity contribution is -0.0695. The summed E-state index contributed by atoms with van der Waals surface area (Å²) in [7, 11) is 1.80. The summed E-state index contributed by atoms with van der Waals surface area (Å²) in [6.07, 6.45) is 7.45. The summed E-state index contributed by atoms with van der Waals surface area (Å²) < 4.78 is 7.53. The summed E-state index contributed by atoms with van der Waals surface area (Å²) in [4.78, 5) is 4.54. The fourth-order valence-corrected chi connectivity index (χ4v) is 2.71. The summed E-state index contributed by atoms with van der Waals surface area (Å²) in [6.45, 7) is 1.64. The lowest BCUT2D eigenvalue weighted by Crippen LogP contribution is -2.47. The lowest BCUT2D eigenvalue weighted by atomic mass is 9.80. The second-order valence-electron chi connectivity index (χ2n) is 5.19. The third-order valence-corrected chi connectivity index (χ3v) is 4.14. The zero-order chi connectivity index (χ0) is 13.3. The Kier molecular flexibility index (Phi) is 3.48. The fourth-order valence-electron chi connectivity index (χ4n) is 2.54. The summed E-state index contributed by atoms with van der Waals surface area (Å²) >= 11 is 5.96. The van der Waals surface area contributed by atoms with Gasteiger partial charge in [0.05, 0.1) is 16.3 Å². The summed E-state index contributed by atoms with van der Waals surface area (Å²) in [5, 5.41) is 4.16. The van der Waals surface area contributed by atoms with Crippen LogP contribution >= 0.6 is 11.6 Å². The minimum absolute atomic E-state index is 0.0580. The van der Waals surface area contributed by atoms with Crippen LogP contribution in [-0.2, 0) is 11.3 Å². The van der Waals surface area contributed by atoms with Gasteiger partial charge in [-0.3, -0.25) is 0 Å². The van der Waals surface area contributed by atoms with Crippen LogP contribution in [0.3, 0.4) is 0 Å². The number of ether oxygens (including phenoxy) is 1. The minimum Gasteiger partial charge on any atom is -0.377 e. The van der Waals surface area contributed by atoms with Crippen LogP contribution in [0.25, 0.3) is 5.65 Å². The van der Waals surface area contributed by atoms with Crippen molar-refractivity contribution >= 4 is 17.2 Å². The van der Waals surface area contributed by atoms with Gasteiger partial charge in [0, 0.05) is 32.6 Å². The van der Waals surface area contributed by atoms with Crippen LogP contribution in [0.2, 0.25) is 5.02 Å². The Balaban J connectivity index is 1.62. The van der Waals surface area contributed by atoms with Gasteiger partial charge >= 0.3 is 0 Å². The highest BCUT2D eigenvalue weighted by Crippen LogP contribution is 2.34. The second kappa shape index (κ2) is 5.12. The molecule has 2 heterocycles. The molecular weight excluding hydrogens is 262 g/mol. The zero-order valence-electron chi connectivity index (χ0n) is 11.0. The average molecular weight is 280 g/mol. The van der Waals surface area contributed by atoms with E-state index in [1.807, 2.05) is 28.9 Å². The van der Waals surface area contributed by atoms with Crippen LogP contribution in [0, 0.1) is 0 Å². The molecule has 2 aromatic heterocycles. The van der Waals surface area contributed by atoms with Gasteiger partial charge in [-0.1, -0.05) is 11.6 Å². The molecule has 0 atom stereocenters. The Hall–Kier alpha value is -1.10. The maximum Gasteiger partial charge on any atom is 0.137 e. The molecule has 0 bridgehead atoms. The minimum atomic E-state index is 0.0580. The number of hydrogen-bond donors (Lipinski definition) is 1. The van der Waals surface area contributed by atoms with E-state index < -0.39 is 0 Å². The number of imidazole rings is 1. The summed E-state index contributed by atoms with van der Waals surface area (Å²) in [6, 6.07) is 3.78. The molecule has 1 aliphatic carbocycles. The van der Waals surface area contributed by atoms with E-state index >= 15 is 0 Å². The van der Waals surface area contributed by atoms with Crippen LogP contribution in [0.1, 0.15) is 25.0 Å². The van der Waals surface area contributed by atoms with Crippen LogP contribution < -0.4 is 5.32 Å². The number of hydrogen-bond acceptors (Lipinski definition) is 3. The van der Waals surface area contributed by atoms with E-state index in [2.05, 4.69) is 10.3 Å². The molecule has 0 amide bonds. The maximum absolute atomic E-state index is 5.96. The van der Waals surface area contributed by atoms with Crippen molar-refractivity contribution in [3.05, 3.63) is 35.2 Å². The molecule has 19 heavy (non-hydrogen) atoms. The van der Waals surface area contributed by atoms with Crippen LogP contribution in [0.4, 0.5) is 0 Å². The Labute approximate surface area is 117 Å². The molecule has 4 nitrogen and oxygen atoms in total. The molecule has 1 saturated carbocycles. The first kappa shape index (κ1) is 12.9. The van der Waals surface area contributed by atoms with Gasteiger partial charge in [-0.05, 0) is 31.4 Å². The summed E-state index contributed by atoms with van der Waals surface area (Å²) in [5.74, 6) is 0. The molecule has 0 aliphatic heterocycles. The average Bonchev–Trinajstić information content (AvgIpc) is 2.74. The van der Waals surface area contributed by atoms with Gasteiger partial charge in [-0.15, -0.1) is 0 Å². The van der Waals surface area contributed by atoms with Crippen molar-refractivity contribution < 1.29 is 4.74 Å². The predicted molar refractivity (Wildman–Crippen MR) is 75.5 cm³/mol. The van der Waals surface area contributed by atoms with E-state index in [1.165, 1.54) is 6.42 Å². The van der Waals surface area contributed by atoms with Crippen molar-refractivity contribution in [3.8, 4) is 0 Å². The number of pyridine rings is 1. The highest BCUT2D eigenvalue weighted by Gasteiger charge is 2.36. The Bertz CT molecular complexity index is 572. The van der Waals surface area contributed by atoms with Crippen LogP contribution in [0.5, 0.6) is 0 Å². The molecule has 2 aromatic rings. The molecule has 1 N–H and O–H groups in total. The standard InChI is InChI=1S/C14H18ClN3O/c1-19-14(5-2-6-14)10-16-7-12-9-18-8-11(15)3-4-13(18)17-12/h3-4,8-9,16H,2,5-7,10H2,1H3. The van der Waals surface area contributed by atoms with Gasteiger partial charge in [0.2, 0.25) is 0 Å². The third-order valence-electron chi connectivity index (χ3n) is 3.92. The van der Waals surface area contributed by atoms with Crippen molar-refractivity contribution in [2.75, 3.05) is 13.7 Å². The molecule has 1 aliphatic rings. The molecule has 1 fully saturated rings. The number of nitrogens with one attached hydrogen (secondary N) is 1. The fraction of sp³-hybridized carbons (Fsp3) is 0.500. The monoisotopic (exact) mass is 279 g/mol. The van der Waals surface area contributed by atoms with Gasteiger partial charge in [0.25, 0.3) is 0 Å². The Morgan fingerprint density at radius 1 is 1.42 bits per heavy atom. The molecule has 3 rings (SSSR count). The SMILES string of the molecule is COC1(CNCc2cn3cc(Cl)ccc3n2)CCC1. The first-order valence-corrected chi connectivity index (χ1v) is 6.98. The van der Waals surface area contributed by atoms with Gasteiger partial charge in [-0.25, -0.2) is 4.98 Å². The number of aromatic nitrogens is 2. The molecular formula is C14H18ClN3O. The Morgan fingerprint density at radius 3 is 2.95 bits per heavy atom. The van der Waals surface area contributed by atoms with Gasteiger partial charge in [0.15, 0.2) is 0 Å². The largest absolute Gasteiger partial charge is 0.377 e. The first-order chi connectivity index (χ1) is 9.21. The van der Waals surface area contributed by atoms with E-state index in [-0.39, 0.29) is 5.60 Å². The van der Waals surface area contributed by atoms with E-state index in [1.54, 1.807) is 7.11 Å². The number of halogens is 1. The van der Waals surface area contributed by atoms with Crippen molar-refractivity contribution in [2.45, 2.75) is 31.4 Å². The van der Waals surface area contributed by atoms with Crippen molar-refractivity contribution in [3.63, 3.8) is 0 Å².